The highest BCUT2D eigenvalue weighted by atomic mass is 79.9. The Balaban J connectivity index is 2.03. The van der Waals surface area contributed by atoms with Gasteiger partial charge in [0.2, 0.25) is 0 Å². The summed E-state index contributed by atoms with van der Waals surface area (Å²) in [5.41, 5.74) is 0.888. The van der Waals surface area contributed by atoms with Gasteiger partial charge in [0.25, 0.3) is 0 Å². The summed E-state index contributed by atoms with van der Waals surface area (Å²) in [6, 6.07) is 3.80. The van der Waals surface area contributed by atoms with Crippen LogP contribution in [0.3, 0.4) is 0 Å². The summed E-state index contributed by atoms with van der Waals surface area (Å²) in [5, 5.41) is 0. The maximum Gasteiger partial charge on any atom is 0.199 e. The predicted octanol–water partition coefficient (Wildman–Crippen LogP) is 3.06. The van der Waals surface area contributed by atoms with Crippen molar-refractivity contribution in [3.8, 4) is 5.75 Å². The summed E-state index contributed by atoms with van der Waals surface area (Å²) in [4.78, 5) is 4.28. The minimum atomic E-state index is -0.0968. The Kier molecular flexibility index (Phi) is 3.59. The smallest absolute Gasteiger partial charge is 0.199 e. The molecule has 1 saturated heterocycles. The van der Waals surface area contributed by atoms with E-state index in [4.69, 9.17) is 9.47 Å². The van der Waals surface area contributed by atoms with Crippen molar-refractivity contribution in [1.29, 1.82) is 0 Å². The van der Waals surface area contributed by atoms with Crippen LogP contribution < -0.4 is 4.74 Å². The molecule has 4 heteroatoms. The van der Waals surface area contributed by atoms with Gasteiger partial charge in [-0.2, -0.15) is 0 Å². The Morgan fingerprint density at radius 2 is 2.33 bits per heavy atom. The number of ether oxygens (including phenoxy) is 2. The van der Waals surface area contributed by atoms with Gasteiger partial charge >= 0.3 is 0 Å². The number of hydrogen-bond acceptors (Lipinski definition) is 3. The molecule has 3 nitrogen and oxygen atoms in total. The van der Waals surface area contributed by atoms with Crippen LogP contribution in [0.25, 0.3) is 0 Å². The number of nitrogens with zero attached hydrogens (tertiary/aromatic N) is 1. The van der Waals surface area contributed by atoms with E-state index in [1.54, 1.807) is 0 Å². The number of halogens is 1. The molecule has 0 N–H and O–H groups in total. The van der Waals surface area contributed by atoms with E-state index >= 15 is 0 Å². The third-order valence-corrected chi connectivity index (χ3v) is 2.84. The van der Waals surface area contributed by atoms with Crippen molar-refractivity contribution in [3.63, 3.8) is 0 Å². The molecular formula is C11H14BrNO2. The molecule has 2 rings (SSSR count). The summed E-state index contributed by atoms with van der Waals surface area (Å²) in [7, 11) is 0. The zero-order valence-electron chi connectivity index (χ0n) is 8.70. The number of rotatable bonds is 2. The molecule has 1 atom stereocenters. The summed E-state index contributed by atoms with van der Waals surface area (Å²) >= 11 is 3.32. The number of aromatic nitrogens is 1. The Morgan fingerprint density at radius 1 is 1.47 bits per heavy atom. The monoisotopic (exact) mass is 271 g/mol. The number of pyridine rings is 1. The predicted molar refractivity (Wildman–Crippen MR) is 60.9 cm³/mol. The van der Waals surface area contributed by atoms with Gasteiger partial charge in [0.1, 0.15) is 10.4 Å². The van der Waals surface area contributed by atoms with Crippen LogP contribution in [0.15, 0.2) is 16.7 Å². The highest BCUT2D eigenvalue weighted by Crippen LogP contribution is 2.23. The van der Waals surface area contributed by atoms with E-state index < -0.39 is 0 Å². The van der Waals surface area contributed by atoms with Crippen molar-refractivity contribution in [1.82, 2.24) is 4.98 Å². The van der Waals surface area contributed by atoms with E-state index in [9.17, 15) is 0 Å². The van der Waals surface area contributed by atoms with E-state index in [1.807, 2.05) is 19.1 Å². The zero-order valence-corrected chi connectivity index (χ0v) is 10.3. The maximum atomic E-state index is 5.74. The highest BCUT2D eigenvalue weighted by Gasteiger charge is 2.16. The van der Waals surface area contributed by atoms with Crippen molar-refractivity contribution < 1.29 is 9.47 Å². The van der Waals surface area contributed by atoms with E-state index in [0.717, 1.165) is 35.5 Å². The van der Waals surface area contributed by atoms with Gasteiger partial charge in [0.05, 0.1) is 12.3 Å². The van der Waals surface area contributed by atoms with Crippen molar-refractivity contribution in [2.45, 2.75) is 32.5 Å². The van der Waals surface area contributed by atoms with Gasteiger partial charge < -0.3 is 9.47 Å². The van der Waals surface area contributed by atoms with E-state index in [2.05, 4.69) is 20.9 Å². The lowest BCUT2D eigenvalue weighted by Crippen LogP contribution is -2.25. The van der Waals surface area contributed by atoms with Gasteiger partial charge in [-0.3, -0.25) is 0 Å². The molecule has 1 aliphatic rings. The number of aryl methyl sites for hydroxylation is 1. The largest absolute Gasteiger partial charge is 0.463 e. The van der Waals surface area contributed by atoms with Gasteiger partial charge in [-0.25, -0.2) is 4.98 Å². The Bertz CT molecular complexity index is 337. The first kappa shape index (κ1) is 10.9. The lowest BCUT2D eigenvalue weighted by atomic mass is 10.2. The first-order valence-corrected chi connectivity index (χ1v) is 5.96. The highest BCUT2D eigenvalue weighted by molar-refractivity contribution is 9.10. The quantitative estimate of drug-likeness (QED) is 0.775. The second kappa shape index (κ2) is 4.94. The lowest BCUT2D eigenvalue weighted by molar-refractivity contribution is -0.106. The molecule has 0 amide bonds. The van der Waals surface area contributed by atoms with Crippen LogP contribution in [0, 0.1) is 6.92 Å². The van der Waals surface area contributed by atoms with Gasteiger partial charge in [0, 0.05) is 6.42 Å². The molecule has 1 aromatic heterocycles. The minimum absolute atomic E-state index is 0.0968. The fraction of sp³-hybridized carbons (Fsp3) is 0.545. The molecule has 0 bridgehead atoms. The SMILES string of the molecule is Cc1nc(Br)ccc1OC1CCCCO1. The molecule has 15 heavy (non-hydrogen) atoms. The summed E-state index contributed by atoms with van der Waals surface area (Å²) in [6.07, 6.45) is 3.18. The van der Waals surface area contributed by atoms with E-state index in [-0.39, 0.29) is 6.29 Å². The van der Waals surface area contributed by atoms with Crippen molar-refractivity contribution in [3.05, 3.63) is 22.4 Å². The van der Waals surface area contributed by atoms with Crippen molar-refractivity contribution in [2.75, 3.05) is 6.61 Å². The molecular weight excluding hydrogens is 258 g/mol. The van der Waals surface area contributed by atoms with Crippen LogP contribution in [0.4, 0.5) is 0 Å². The fourth-order valence-electron chi connectivity index (χ4n) is 1.59. The molecule has 0 spiro atoms. The molecule has 0 aliphatic carbocycles. The standard InChI is InChI=1S/C11H14BrNO2/c1-8-9(5-6-10(12)13-8)15-11-4-2-3-7-14-11/h5-6,11H,2-4,7H2,1H3. The minimum Gasteiger partial charge on any atom is -0.463 e. The van der Waals surface area contributed by atoms with Gasteiger partial charge in [-0.1, -0.05) is 0 Å². The molecule has 1 aromatic rings. The normalized spacial score (nSPS) is 21.3. The Morgan fingerprint density at radius 3 is 3.00 bits per heavy atom. The summed E-state index contributed by atoms with van der Waals surface area (Å²) in [5.74, 6) is 0.810. The van der Waals surface area contributed by atoms with Gasteiger partial charge in [-0.05, 0) is 47.8 Å². The summed E-state index contributed by atoms with van der Waals surface area (Å²) < 4.78 is 12.1. The maximum absolute atomic E-state index is 5.74. The third-order valence-electron chi connectivity index (χ3n) is 2.40. The first-order chi connectivity index (χ1) is 7.25. The zero-order chi connectivity index (χ0) is 10.7. The number of hydrogen-bond donors (Lipinski definition) is 0. The molecule has 0 aromatic carbocycles. The second-order valence-electron chi connectivity index (χ2n) is 3.63. The molecule has 1 aliphatic heterocycles. The van der Waals surface area contributed by atoms with Crippen LogP contribution in [-0.4, -0.2) is 17.9 Å². The molecule has 0 saturated carbocycles. The topological polar surface area (TPSA) is 31.4 Å². The molecule has 2 heterocycles. The van der Waals surface area contributed by atoms with Crippen LogP contribution in [-0.2, 0) is 4.74 Å². The Hall–Kier alpha value is -0.610. The second-order valence-corrected chi connectivity index (χ2v) is 4.44. The molecule has 0 radical (unpaired) electrons. The van der Waals surface area contributed by atoms with Crippen LogP contribution >= 0.6 is 15.9 Å². The Labute approximate surface area is 97.9 Å². The molecule has 1 fully saturated rings. The van der Waals surface area contributed by atoms with Crippen molar-refractivity contribution in [2.24, 2.45) is 0 Å². The van der Waals surface area contributed by atoms with Crippen LogP contribution in [0.1, 0.15) is 25.0 Å². The van der Waals surface area contributed by atoms with E-state index in [0.29, 0.717) is 0 Å². The first-order valence-electron chi connectivity index (χ1n) is 5.17. The average Bonchev–Trinajstić information content (AvgIpc) is 2.24. The van der Waals surface area contributed by atoms with E-state index in [1.165, 1.54) is 6.42 Å². The molecule has 82 valence electrons. The fourth-order valence-corrected chi connectivity index (χ4v) is 1.99. The van der Waals surface area contributed by atoms with Crippen LogP contribution in [0.2, 0.25) is 0 Å². The lowest BCUT2D eigenvalue weighted by Gasteiger charge is -2.23. The van der Waals surface area contributed by atoms with Crippen LogP contribution in [0.5, 0.6) is 5.75 Å². The third kappa shape index (κ3) is 2.92. The summed E-state index contributed by atoms with van der Waals surface area (Å²) in [6.45, 7) is 2.73. The molecule has 1 unspecified atom stereocenters. The van der Waals surface area contributed by atoms with Gasteiger partial charge in [0.15, 0.2) is 6.29 Å². The average molecular weight is 272 g/mol. The van der Waals surface area contributed by atoms with Gasteiger partial charge in [-0.15, -0.1) is 0 Å². The van der Waals surface area contributed by atoms with Crippen molar-refractivity contribution >= 4 is 15.9 Å².